The van der Waals surface area contributed by atoms with Crippen molar-refractivity contribution in [3.8, 4) is 28.5 Å². The molecule has 3 aromatic rings. The number of phenols is 1. The average Bonchev–Trinajstić information content (AvgIpc) is 3.32. The molecule has 0 radical (unpaired) electrons. The van der Waals surface area contributed by atoms with E-state index in [0.717, 1.165) is 12.8 Å². The van der Waals surface area contributed by atoms with E-state index in [1.165, 1.54) is 0 Å². The Morgan fingerprint density at radius 1 is 1.19 bits per heavy atom. The molecular formula is C22H27FN8O. The van der Waals surface area contributed by atoms with Crippen molar-refractivity contribution >= 4 is 5.82 Å². The molecule has 2 aromatic heterocycles. The maximum absolute atomic E-state index is 15.4. The smallest absolute Gasteiger partial charge is 0.185 e. The van der Waals surface area contributed by atoms with Gasteiger partial charge in [0.2, 0.25) is 0 Å². The summed E-state index contributed by atoms with van der Waals surface area (Å²) in [5.74, 6) is 1.33. The number of hydrogen-bond donors (Lipinski definition) is 2. The van der Waals surface area contributed by atoms with Gasteiger partial charge in [-0.2, -0.15) is 5.10 Å². The zero-order valence-electron chi connectivity index (χ0n) is 18.6. The molecule has 1 aromatic carbocycles. The Labute approximate surface area is 185 Å². The second kappa shape index (κ2) is 7.19. The van der Waals surface area contributed by atoms with Gasteiger partial charge in [-0.1, -0.05) is 6.07 Å². The summed E-state index contributed by atoms with van der Waals surface area (Å²) in [5, 5.41) is 26.8. The molecule has 4 atom stereocenters. The quantitative estimate of drug-likeness (QED) is 0.640. The third kappa shape index (κ3) is 3.38. The minimum Gasteiger partial charge on any atom is -0.507 e. The number of aromatic hydroxyl groups is 1. The Morgan fingerprint density at radius 2 is 2.00 bits per heavy atom. The van der Waals surface area contributed by atoms with Gasteiger partial charge in [-0.15, -0.1) is 10.2 Å². The molecule has 9 nitrogen and oxygen atoms in total. The van der Waals surface area contributed by atoms with E-state index in [2.05, 4.69) is 37.5 Å². The van der Waals surface area contributed by atoms with E-state index in [-0.39, 0.29) is 17.3 Å². The molecule has 0 saturated carbocycles. The number of nitrogens with zero attached hydrogens (tertiary/aromatic N) is 7. The highest BCUT2D eigenvalue weighted by molar-refractivity contribution is 5.70. The first-order valence-corrected chi connectivity index (χ1v) is 10.7. The first kappa shape index (κ1) is 20.7. The summed E-state index contributed by atoms with van der Waals surface area (Å²) in [5.41, 5.74) is 0.540. The van der Waals surface area contributed by atoms with Crippen LogP contribution in [0.4, 0.5) is 10.2 Å². The largest absolute Gasteiger partial charge is 0.507 e. The summed E-state index contributed by atoms with van der Waals surface area (Å²) in [7, 11) is 3.62. The second-order valence-corrected chi connectivity index (χ2v) is 9.50. The molecule has 2 N–H and O–H groups in total. The Morgan fingerprint density at radius 3 is 2.66 bits per heavy atom. The van der Waals surface area contributed by atoms with Crippen molar-refractivity contribution in [2.45, 2.75) is 56.4 Å². The molecule has 2 bridgehead atoms. The number of piperidine rings is 1. The van der Waals surface area contributed by atoms with Crippen molar-refractivity contribution in [2.24, 2.45) is 7.05 Å². The molecule has 2 aliphatic rings. The third-order valence-corrected chi connectivity index (χ3v) is 6.89. The van der Waals surface area contributed by atoms with Crippen LogP contribution in [-0.4, -0.2) is 65.4 Å². The number of alkyl halides is 1. The van der Waals surface area contributed by atoms with Gasteiger partial charge in [0.05, 0.1) is 17.8 Å². The van der Waals surface area contributed by atoms with Gasteiger partial charge in [-0.25, -0.2) is 14.4 Å². The van der Waals surface area contributed by atoms with E-state index < -0.39 is 11.7 Å². The van der Waals surface area contributed by atoms with Crippen LogP contribution >= 0.6 is 0 Å². The molecule has 10 heteroatoms. The number of rotatable bonds is 4. The van der Waals surface area contributed by atoms with Crippen LogP contribution in [0.2, 0.25) is 0 Å². The zero-order chi connectivity index (χ0) is 22.7. The first-order chi connectivity index (χ1) is 15.2. The Hall–Kier alpha value is -3.14. The van der Waals surface area contributed by atoms with Crippen LogP contribution in [0, 0.1) is 0 Å². The highest BCUT2D eigenvalue weighted by Gasteiger charge is 2.56. The van der Waals surface area contributed by atoms with Gasteiger partial charge < -0.3 is 15.3 Å². The Balaban J connectivity index is 1.37. The zero-order valence-corrected chi connectivity index (χ0v) is 18.6. The van der Waals surface area contributed by atoms with Crippen LogP contribution in [0.15, 0.2) is 30.7 Å². The van der Waals surface area contributed by atoms with Gasteiger partial charge in [0.25, 0.3) is 0 Å². The fourth-order valence-corrected chi connectivity index (χ4v) is 5.09. The normalized spacial score (nSPS) is 29.3. The summed E-state index contributed by atoms with van der Waals surface area (Å²) in [6.45, 7) is 4.12. The first-order valence-electron chi connectivity index (χ1n) is 10.7. The van der Waals surface area contributed by atoms with Gasteiger partial charge in [-0.05, 0) is 45.2 Å². The lowest BCUT2D eigenvalue weighted by Gasteiger charge is -2.47. The maximum atomic E-state index is 15.4. The fourth-order valence-electron chi connectivity index (χ4n) is 5.09. The van der Waals surface area contributed by atoms with Crippen molar-refractivity contribution in [3.05, 3.63) is 30.7 Å². The number of benzene rings is 1. The molecule has 32 heavy (non-hydrogen) atoms. The molecule has 0 aliphatic carbocycles. The molecule has 4 heterocycles. The lowest BCUT2D eigenvalue weighted by atomic mass is 9.82. The van der Waals surface area contributed by atoms with Gasteiger partial charge in [0.1, 0.15) is 18.2 Å². The van der Waals surface area contributed by atoms with E-state index in [1.54, 1.807) is 42.5 Å². The van der Waals surface area contributed by atoms with Gasteiger partial charge in [-0.3, -0.25) is 4.68 Å². The van der Waals surface area contributed by atoms with E-state index >= 15 is 4.39 Å². The second-order valence-electron chi connectivity index (χ2n) is 9.50. The predicted octanol–water partition coefficient (Wildman–Crippen LogP) is 2.49. The van der Waals surface area contributed by atoms with E-state index in [1.807, 2.05) is 18.9 Å². The molecule has 0 unspecified atom stereocenters. The number of aromatic nitrogens is 6. The van der Waals surface area contributed by atoms with Crippen LogP contribution in [0.5, 0.6) is 5.75 Å². The fraction of sp³-hybridized carbons (Fsp3) is 0.500. The summed E-state index contributed by atoms with van der Waals surface area (Å²) < 4.78 is 17.0. The van der Waals surface area contributed by atoms with Crippen molar-refractivity contribution in [3.63, 3.8) is 0 Å². The molecule has 2 aliphatic heterocycles. The lowest BCUT2D eigenvalue weighted by molar-refractivity contribution is 0.0859. The molecule has 2 fully saturated rings. The summed E-state index contributed by atoms with van der Waals surface area (Å²) in [4.78, 5) is 10.4. The van der Waals surface area contributed by atoms with Crippen molar-refractivity contribution in [1.29, 1.82) is 0 Å². The number of nitrogens with one attached hydrogen (secondary N) is 1. The summed E-state index contributed by atoms with van der Waals surface area (Å²) in [6.07, 6.45) is 4.62. The van der Waals surface area contributed by atoms with Crippen LogP contribution in [0.3, 0.4) is 0 Å². The van der Waals surface area contributed by atoms with Crippen LogP contribution in [0.25, 0.3) is 22.8 Å². The summed E-state index contributed by atoms with van der Waals surface area (Å²) >= 11 is 0. The Bertz CT molecular complexity index is 1150. The average molecular weight is 439 g/mol. The minimum absolute atomic E-state index is 0.0115. The van der Waals surface area contributed by atoms with Crippen molar-refractivity contribution in [1.82, 2.24) is 35.3 Å². The van der Waals surface area contributed by atoms with Gasteiger partial charge in [0.15, 0.2) is 17.5 Å². The molecular weight excluding hydrogens is 411 g/mol. The molecule has 2 saturated heterocycles. The van der Waals surface area contributed by atoms with E-state index in [4.69, 9.17) is 0 Å². The number of fused-ring (bicyclic) bond motifs is 2. The molecule has 0 spiro atoms. The van der Waals surface area contributed by atoms with Crippen LogP contribution in [-0.2, 0) is 7.05 Å². The molecule has 0 amide bonds. The van der Waals surface area contributed by atoms with E-state index in [0.29, 0.717) is 35.0 Å². The highest BCUT2D eigenvalue weighted by atomic mass is 19.1. The topological polar surface area (TPSA) is 105 Å². The minimum atomic E-state index is -1.03. The third-order valence-electron chi connectivity index (χ3n) is 6.89. The number of phenolic OH excluding ortho intramolecular Hbond substituents is 1. The predicted molar refractivity (Wildman–Crippen MR) is 118 cm³/mol. The number of hydrogen-bond acceptors (Lipinski definition) is 8. The number of anilines is 1. The Kier molecular flexibility index (Phi) is 4.66. The number of aryl methyl sites for hydroxylation is 1. The van der Waals surface area contributed by atoms with Crippen molar-refractivity contribution < 1.29 is 9.50 Å². The van der Waals surface area contributed by atoms with Crippen LogP contribution < -0.4 is 10.2 Å². The highest BCUT2D eigenvalue weighted by Crippen LogP contribution is 2.45. The van der Waals surface area contributed by atoms with Gasteiger partial charge >= 0.3 is 0 Å². The van der Waals surface area contributed by atoms with Gasteiger partial charge in [0, 0.05) is 30.7 Å². The van der Waals surface area contributed by atoms with Crippen molar-refractivity contribution in [2.75, 3.05) is 11.9 Å². The lowest BCUT2D eigenvalue weighted by Crippen LogP contribution is -2.65. The standard InChI is InChI=1S/C22H27FN8O/c1-21-7-8-22(2,29-21)18(23)15(10-21)31(4)17-11-24-20(27-26-17)14-6-5-13(9-16(14)32)19-25-12-30(3)28-19/h5-6,9,11-12,15,18,29,32H,7-8,10H2,1-4H3/t15-,18-,21-,22+/m1/s1. The monoisotopic (exact) mass is 438 g/mol. The molecule has 5 rings (SSSR count). The van der Waals surface area contributed by atoms with Crippen LogP contribution in [0.1, 0.15) is 33.1 Å². The maximum Gasteiger partial charge on any atom is 0.185 e. The molecule has 168 valence electrons. The number of halogens is 1. The summed E-state index contributed by atoms with van der Waals surface area (Å²) in [6, 6.07) is 4.78. The SMILES string of the molecule is CN(c1cnc(-c2ccc(-c3ncn(C)n3)cc2O)nn1)[C@@H]1C[C@@]2(C)CC[C@](C)(N2)[C@@H]1F. The van der Waals surface area contributed by atoms with E-state index in [9.17, 15) is 5.11 Å².